The van der Waals surface area contributed by atoms with Crippen LogP contribution in [0.5, 0.6) is 0 Å². The molecule has 1 aliphatic heterocycles. The summed E-state index contributed by atoms with van der Waals surface area (Å²) in [5.74, 6) is -4.16. The van der Waals surface area contributed by atoms with E-state index in [-0.39, 0.29) is 34.5 Å². The van der Waals surface area contributed by atoms with Crippen molar-refractivity contribution < 1.29 is 47.6 Å². The van der Waals surface area contributed by atoms with Crippen LogP contribution in [0.25, 0.3) is 0 Å². The predicted octanol–water partition coefficient (Wildman–Crippen LogP) is 2.90. The van der Waals surface area contributed by atoms with E-state index in [1.54, 1.807) is 0 Å². The van der Waals surface area contributed by atoms with Crippen molar-refractivity contribution in [2.45, 2.75) is 63.6 Å². The summed E-state index contributed by atoms with van der Waals surface area (Å²) in [6.45, 7) is 0.978. The van der Waals surface area contributed by atoms with Crippen LogP contribution in [-0.4, -0.2) is 71.3 Å². The minimum Gasteiger partial charge on any atom is -0.469 e. The van der Waals surface area contributed by atoms with Gasteiger partial charge >= 0.3 is 23.9 Å². The molecule has 8 unspecified atom stereocenters. The van der Waals surface area contributed by atoms with E-state index in [9.17, 15) is 19.2 Å². The maximum Gasteiger partial charge on any atom is 0.309 e. The van der Waals surface area contributed by atoms with Gasteiger partial charge in [0.15, 0.2) is 5.79 Å². The van der Waals surface area contributed by atoms with Gasteiger partial charge in [0.2, 0.25) is 0 Å². The molecule has 0 bridgehead atoms. The van der Waals surface area contributed by atoms with Crippen molar-refractivity contribution in [3.63, 3.8) is 0 Å². The zero-order chi connectivity index (χ0) is 28.4. The quantitative estimate of drug-likeness (QED) is 0.373. The van der Waals surface area contributed by atoms with E-state index < -0.39 is 53.3 Å². The predicted molar refractivity (Wildman–Crippen MR) is 137 cm³/mol. The molecule has 222 valence electrons. The fourth-order valence-corrected chi connectivity index (χ4v) is 10.7. The summed E-state index contributed by atoms with van der Waals surface area (Å²) >= 11 is 0. The third kappa shape index (κ3) is 3.53. The highest BCUT2D eigenvalue weighted by atomic mass is 16.7. The number of carbonyl (C=O) groups excluding carboxylic acids is 4. The summed E-state index contributed by atoms with van der Waals surface area (Å²) in [4.78, 5) is 51.8. The van der Waals surface area contributed by atoms with E-state index >= 15 is 0 Å². The van der Waals surface area contributed by atoms with Crippen molar-refractivity contribution in [1.29, 1.82) is 0 Å². The van der Waals surface area contributed by atoms with Crippen LogP contribution in [0.15, 0.2) is 0 Å². The van der Waals surface area contributed by atoms with Crippen LogP contribution in [0, 0.1) is 58.2 Å². The molecule has 0 aromatic rings. The van der Waals surface area contributed by atoms with Gasteiger partial charge in [0.25, 0.3) is 0 Å². The smallest absolute Gasteiger partial charge is 0.309 e. The van der Waals surface area contributed by atoms with Crippen LogP contribution in [-0.2, 0) is 47.6 Å². The first-order valence-corrected chi connectivity index (χ1v) is 14.8. The Balaban J connectivity index is 1.41. The van der Waals surface area contributed by atoms with Crippen LogP contribution < -0.4 is 0 Å². The minimum atomic E-state index is -0.626. The van der Waals surface area contributed by atoms with Gasteiger partial charge in [-0.2, -0.15) is 0 Å². The molecule has 0 amide bonds. The normalized spacial score (nSPS) is 44.5. The summed E-state index contributed by atoms with van der Waals surface area (Å²) in [6.07, 6.45) is 6.94. The van der Waals surface area contributed by atoms with Gasteiger partial charge in [0.05, 0.1) is 65.3 Å². The molecule has 5 saturated carbocycles. The first-order chi connectivity index (χ1) is 19.2. The van der Waals surface area contributed by atoms with Crippen LogP contribution in [0.3, 0.4) is 0 Å². The maximum atomic E-state index is 13.0. The molecule has 10 heteroatoms. The van der Waals surface area contributed by atoms with Crippen molar-refractivity contribution in [3.05, 3.63) is 0 Å². The molecule has 6 fully saturated rings. The van der Waals surface area contributed by atoms with Crippen molar-refractivity contribution in [2.24, 2.45) is 58.2 Å². The van der Waals surface area contributed by atoms with E-state index in [4.69, 9.17) is 28.4 Å². The van der Waals surface area contributed by atoms with E-state index in [0.29, 0.717) is 38.9 Å². The van der Waals surface area contributed by atoms with Crippen LogP contribution in [0.1, 0.15) is 57.8 Å². The lowest BCUT2D eigenvalue weighted by Gasteiger charge is -2.85. The number of esters is 4. The van der Waals surface area contributed by atoms with Crippen LogP contribution in [0.2, 0.25) is 0 Å². The molecule has 0 N–H and O–H groups in total. The third-order valence-corrected chi connectivity index (χ3v) is 12.3. The number of hydrogen-bond acceptors (Lipinski definition) is 10. The number of rotatable bonds is 4. The lowest BCUT2D eigenvalue weighted by molar-refractivity contribution is -0.402. The second-order valence-electron chi connectivity index (χ2n) is 13.0. The first-order valence-electron chi connectivity index (χ1n) is 14.8. The highest BCUT2D eigenvalue weighted by Gasteiger charge is 2.87. The zero-order valence-electron chi connectivity index (χ0n) is 24.0. The third-order valence-electron chi connectivity index (χ3n) is 12.3. The molecule has 8 atom stereocenters. The summed E-state index contributed by atoms with van der Waals surface area (Å²) in [5, 5.41) is 0. The van der Waals surface area contributed by atoms with E-state index in [1.807, 2.05) is 0 Å². The molecule has 6 aliphatic rings. The average molecular weight is 563 g/mol. The number of methoxy groups -OCH3 is 4. The molecule has 1 heterocycles. The summed E-state index contributed by atoms with van der Waals surface area (Å²) < 4.78 is 34.2. The van der Waals surface area contributed by atoms with E-state index in [0.717, 1.165) is 32.1 Å². The maximum absolute atomic E-state index is 13.0. The standard InChI is InChI=1S/C30H42O10/c1-35-24(31)16-10-20-21(11-17(16)25(32)36-2)30-15-40-28(8-6-5-7-9-28)39-14-29(20,30)22-12-18(26(33)37-3)19(13-23(22)30)27(34)38-4/h16-23H,5-15H2,1-4H3. The van der Waals surface area contributed by atoms with E-state index in [2.05, 4.69) is 0 Å². The van der Waals surface area contributed by atoms with Crippen molar-refractivity contribution >= 4 is 23.9 Å². The second-order valence-corrected chi connectivity index (χ2v) is 13.0. The molecular formula is C30H42O10. The SMILES string of the molecule is COC(=O)C1CC2C(CC1C(=O)OC)C13COC4(CCCCC4)OCC21C1CC(C(=O)OC)C(C(=O)OC)CC13. The zero-order valence-corrected chi connectivity index (χ0v) is 24.0. The minimum absolute atomic E-state index is 0.106. The van der Waals surface area contributed by atoms with Crippen molar-refractivity contribution in [1.82, 2.24) is 0 Å². The molecule has 1 saturated heterocycles. The Bertz CT molecular complexity index is 927. The molecule has 10 nitrogen and oxygen atoms in total. The Morgan fingerprint density at radius 2 is 0.825 bits per heavy atom. The van der Waals surface area contributed by atoms with Gasteiger partial charge in [-0.3, -0.25) is 19.2 Å². The fourth-order valence-electron chi connectivity index (χ4n) is 10.7. The molecule has 1 spiro atoms. The summed E-state index contributed by atoms with van der Waals surface area (Å²) in [5.41, 5.74) is -0.631. The van der Waals surface area contributed by atoms with Gasteiger partial charge in [0, 0.05) is 23.7 Å². The monoisotopic (exact) mass is 562 g/mol. The highest BCUT2D eigenvalue weighted by molar-refractivity contribution is 5.83. The topological polar surface area (TPSA) is 124 Å². The Morgan fingerprint density at radius 1 is 0.525 bits per heavy atom. The Hall–Kier alpha value is -2.20. The molecular weight excluding hydrogens is 520 g/mol. The highest BCUT2D eigenvalue weighted by Crippen LogP contribution is 2.87. The molecule has 6 rings (SSSR count). The van der Waals surface area contributed by atoms with Gasteiger partial charge in [-0.05, 0) is 62.2 Å². The largest absolute Gasteiger partial charge is 0.469 e. The molecule has 5 aliphatic carbocycles. The Labute approximate surface area is 235 Å². The number of carbonyl (C=O) groups is 4. The van der Waals surface area contributed by atoms with Gasteiger partial charge < -0.3 is 28.4 Å². The summed E-state index contributed by atoms with van der Waals surface area (Å²) in [6, 6.07) is 0. The van der Waals surface area contributed by atoms with Crippen molar-refractivity contribution in [2.75, 3.05) is 41.7 Å². The molecule has 0 aromatic heterocycles. The van der Waals surface area contributed by atoms with Gasteiger partial charge in [0.1, 0.15) is 0 Å². The Kier molecular flexibility index (Phi) is 6.96. The molecule has 0 radical (unpaired) electrons. The van der Waals surface area contributed by atoms with Gasteiger partial charge in [-0.25, -0.2) is 0 Å². The lowest BCUT2D eigenvalue weighted by atomic mass is 9.18. The van der Waals surface area contributed by atoms with Crippen molar-refractivity contribution in [3.8, 4) is 0 Å². The lowest BCUT2D eigenvalue weighted by Crippen LogP contribution is -2.85. The van der Waals surface area contributed by atoms with E-state index in [1.165, 1.54) is 28.4 Å². The van der Waals surface area contributed by atoms with Gasteiger partial charge in [-0.15, -0.1) is 0 Å². The number of fused-ring (bicyclic) bond motifs is 2. The number of ether oxygens (including phenoxy) is 6. The number of hydrogen-bond donors (Lipinski definition) is 0. The Morgan fingerprint density at radius 3 is 1.10 bits per heavy atom. The van der Waals surface area contributed by atoms with Gasteiger partial charge in [-0.1, -0.05) is 6.42 Å². The van der Waals surface area contributed by atoms with Crippen LogP contribution in [0.4, 0.5) is 0 Å². The van der Waals surface area contributed by atoms with Crippen LogP contribution >= 0.6 is 0 Å². The molecule has 0 aromatic carbocycles. The molecule has 40 heavy (non-hydrogen) atoms. The second kappa shape index (κ2) is 9.96. The summed E-state index contributed by atoms with van der Waals surface area (Å²) in [7, 11) is 5.43. The average Bonchev–Trinajstić information content (AvgIpc) is 3.07. The first kappa shape index (κ1) is 27.9. The fraction of sp³-hybridized carbons (Fsp3) is 0.867.